The Kier molecular flexibility index (Phi) is 3.35. The second-order valence-corrected chi connectivity index (χ2v) is 3.87. The lowest BCUT2D eigenvalue weighted by Crippen LogP contribution is -2.44. The summed E-state index contributed by atoms with van der Waals surface area (Å²) < 4.78 is 12.6. The predicted octanol–water partition coefficient (Wildman–Crippen LogP) is -0.295. The Morgan fingerprint density at radius 2 is 2.53 bits per heavy atom. The number of hydrogen-bond acceptors (Lipinski definition) is 4. The molecule has 2 unspecified atom stereocenters. The molecule has 0 saturated carbocycles. The first kappa shape index (κ1) is 10.6. The van der Waals surface area contributed by atoms with Crippen molar-refractivity contribution >= 4 is 0 Å². The Morgan fingerprint density at radius 3 is 3.13 bits per heavy atom. The summed E-state index contributed by atoms with van der Waals surface area (Å²) in [5.41, 5.74) is 7.19. The quantitative estimate of drug-likeness (QED) is 0.746. The number of aryl methyl sites for hydroxylation is 1. The predicted molar refractivity (Wildman–Crippen MR) is 55.4 cm³/mol. The van der Waals surface area contributed by atoms with Crippen LogP contribution in [0.2, 0.25) is 0 Å². The van der Waals surface area contributed by atoms with Crippen molar-refractivity contribution in [1.29, 1.82) is 0 Å². The Labute approximate surface area is 89.2 Å². The summed E-state index contributed by atoms with van der Waals surface area (Å²) in [6.45, 7) is 1.92. The van der Waals surface area contributed by atoms with Crippen LogP contribution in [0.4, 0.5) is 0 Å². The van der Waals surface area contributed by atoms with Gasteiger partial charge < -0.3 is 15.2 Å². The molecule has 1 aromatic heterocycles. The standard InChI is InChI=1S/C10H17N3O2/c1-13-6-8(5-12-13)4-9(11)10-7-14-2-3-15-10/h5-6,9-10H,2-4,7,11H2,1H3. The molecule has 0 amide bonds. The number of nitrogens with two attached hydrogens (primary N) is 1. The summed E-state index contributed by atoms with van der Waals surface area (Å²) in [7, 11) is 1.90. The van der Waals surface area contributed by atoms with Gasteiger partial charge in [0.15, 0.2) is 0 Å². The summed E-state index contributed by atoms with van der Waals surface area (Å²) in [5, 5.41) is 4.10. The van der Waals surface area contributed by atoms with Gasteiger partial charge in [-0.25, -0.2) is 0 Å². The van der Waals surface area contributed by atoms with Crippen molar-refractivity contribution in [2.45, 2.75) is 18.6 Å². The summed E-state index contributed by atoms with van der Waals surface area (Å²) >= 11 is 0. The molecule has 0 aliphatic carbocycles. The maximum atomic E-state index is 6.05. The summed E-state index contributed by atoms with van der Waals surface area (Å²) in [4.78, 5) is 0. The van der Waals surface area contributed by atoms with Gasteiger partial charge in [0.2, 0.25) is 0 Å². The molecule has 84 valence electrons. The van der Waals surface area contributed by atoms with Gasteiger partial charge in [0, 0.05) is 19.3 Å². The van der Waals surface area contributed by atoms with E-state index in [9.17, 15) is 0 Å². The van der Waals surface area contributed by atoms with Crippen LogP contribution < -0.4 is 5.73 Å². The lowest BCUT2D eigenvalue weighted by Gasteiger charge is -2.27. The van der Waals surface area contributed by atoms with Crippen molar-refractivity contribution in [1.82, 2.24) is 9.78 Å². The molecular formula is C10H17N3O2. The first-order valence-corrected chi connectivity index (χ1v) is 5.18. The average Bonchev–Trinajstić information content (AvgIpc) is 2.65. The molecule has 0 bridgehead atoms. The van der Waals surface area contributed by atoms with Gasteiger partial charge in [0.25, 0.3) is 0 Å². The number of aromatic nitrogens is 2. The van der Waals surface area contributed by atoms with Crippen LogP contribution in [-0.2, 0) is 22.9 Å². The fourth-order valence-corrected chi connectivity index (χ4v) is 1.73. The van der Waals surface area contributed by atoms with Crippen molar-refractivity contribution in [2.75, 3.05) is 19.8 Å². The second-order valence-electron chi connectivity index (χ2n) is 3.87. The van der Waals surface area contributed by atoms with Crippen LogP contribution in [0.1, 0.15) is 5.56 Å². The van der Waals surface area contributed by atoms with E-state index in [4.69, 9.17) is 15.2 Å². The van der Waals surface area contributed by atoms with Crippen LogP contribution in [0.3, 0.4) is 0 Å². The van der Waals surface area contributed by atoms with Gasteiger partial charge in [-0.1, -0.05) is 0 Å². The average molecular weight is 211 g/mol. The zero-order valence-corrected chi connectivity index (χ0v) is 8.93. The lowest BCUT2D eigenvalue weighted by molar-refractivity contribution is -0.0967. The first-order chi connectivity index (χ1) is 7.25. The summed E-state index contributed by atoms with van der Waals surface area (Å²) in [6.07, 6.45) is 4.61. The van der Waals surface area contributed by atoms with Crippen LogP contribution >= 0.6 is 0 Å². The largest absolute Gasteiger partial charge is 0.376 e. The molecular weight excluding hydrogens is 194 g/mol. The van der Waals surface area contributed by atoms with E-state index < -0.39 is 0 Å². The van der Waals surface area contributed by atoms with E-state index in [0.29, 0.717) is 19.8 Å². The monoisotopic (exact) mass is 211 g/mol. The van der Waals surface area contributed by atoms with Gasteiger partial charge in [-0.3, -0.25) is 4.68 Å². The molecule has 1 aromatic rings. The van der Waals surface area contributed by atoms with Gasteiger partial charge in [0.05, 0.1) is 32.1 Å². The number of nitrogens with zero attached hydrogens (tertiary/aromatic N) is 2. The zero-order valence-electron chi connectivity index (χ0n) is 8.93. The highest BCUT2D eigenvalue weighted by atomic mass is 16.6. The molecule has 0 aromatic carbocycles. The van der Waals surface area contributed by atoms with Crippen molar-refractivity contribution in [3.05, 3.63) is 18.0 Å². The molecule has 2 atom stereocenters. The number of ether oxygens (including phenoxy) is 2. The second kappa shape index (κ2) is 4.74. The Balaban J connectivity index is 1.88. The van der Waals surface area contributed by atoms with Crippen molar-refractivity contribution in [3.63, 3.8) is 0 Å². The smallest absolute Gasteiger partial charge is 0.0963 e. The van der Waals surface area contributed by atoms with E-state index in [0.717, 1.165) is 12.0 Å². The molecule has 15 heavy (non-hydrogen) atoms. The Bertz CT molecular complexity index is 307. The third-order valence-electron chi connectivity index (χ3n) is 2.55. The first-order valence-electron chi connectivity index (χ1n) is 5.18. The van der Waals surface area contributed by atoms with E-state index in [1.807, 2.05) is 19.4 Å². The molecule has 2 heterocycles. The normalized spacial score (nSPS) is 24.0. The maximum absolute atomic E-state index is 6.05. The van der Waals surface area contributed by atoms with Crippen LogP contribution in [-0.4, -0.2) is 41.7 Å². The highest BCUT2D eigenvalue weighted by molar-refractivity contribution is 5.06. The van der Waals surface area contributed by atoms with E-state index in [-0.39, 0.29) is 12.1 Å². The lowest BCUT2D eigenvalue weighted by atomic mass is 10.0. The maximum Gasteiger partial charge on any atom is 0.0963 e. The fourth-order valence-electron chi connectivity index (χ4n) is 1.73. The van der Waals surface area contributed by atoms with E-state index in [2.05, 4.69) is 5.10 Å². The molecule has 1 aliphatic heterocycles. The molecule has 5 heteroatoms. The van der Waals surface area contributed by atoms with Crippen LogP contribution in [0, 0.1) is 0 Å². The number of hydrogen-bond donors (Lipinski definition) is 1. The van der Waals surface area contributed by atoms with Gasteiger partial charge in [-0.2, -0.15) is 5.10 Å². The van der Waals surface area contributed by atoms with E-state index >= 15 is 0 Å². The zero-order chi connectivity index (χ0) is 10.7. The Hall–Kier alpha value is -0.910. The van der Waals surface area contributed by atoms with Gasteiger partial charge in [0.1, 0.15) is 0 Å². The van der Waals surface area contributed by atoms with Crippen LogP contribution in [0.25, 0.3) is 0 Å². The van der Waals surface area contributed by atoms with Crippen molar-refractivity contribution in [3.8, 4) is 0 Å². The molecule has 2 rings (SSSR count). The number of rotatable bonds is 3. The summed E-state index contributed by atoms with van der Waals surface area (Å²) in [5.74, 6) is 0. The molecule has 1 saturated heterocycles. The van der Waals surface area contributed by atoms with E-state index in [1.54, 1.807) is 4.68 Å². The molecule has 1 fully saturated rings. The highest BCUT2D eigenvalue weighted by Gasteiger charge is 2.22. The van der Waals surface area contributed by atoms with Gasteiger partial charge in [-0.05, 0) is 12.0 Å². The van der Waals surface area contributed by atoms with Crippen molar-refractivity contribution < 1.29 is 9.47 Å². The minimum absolute atomic E-state index is 0.0129. The van der Waals surface area contributed by atoms with E-state index in [1.165, 1.54) is 0 Å². The van der Waals surface area contributed by atoms with Gasteiger partial charge in [-0.15, -0.1) is 0 Å². The molecule has 1 aliphatic rings. The van der Waals surface area contributed by atoms with Crippen LogP contribution in [0.15, 0.2) is 12.4 Å². The SMILES string of the molecule is Cn1cc(CC(N)C2COCCO2)cn1. The minimum Gasteiger partial charge on any atom is -0.376 e. The highest BCUT2D eigenvalue weighted by Crippen LogP contribution is 2.09. The molecule has 5 nitrogen and oxygen atoms in total. The third-order valence-corrected chi connectivity index (χ3v) is 2.55. The van der Waals surface area contributed by atoms with Crippen molar-refractivity contribution in [2.24, 2.45) is 12.8 Å². The van der Waals surface area contributed by atoms with Crippen LogP contribution in [0.5, 0.6) is 0 Å². The topological polar surface area (TPSA) is 62.3 Å². The molecule has 0 spiro atoms. The summed E-state index contributed by atoms with van der Waals surface area (Å²) in [6, 6.07) is -0.0190. The fraction of sp³-hybridized carbons (Fsp3) is 0.700. The third kappa shape index (κ3) is 2.77. The minimum atomic E-state index is -0.0190. The molecule has 0 radical (unpaired) electrons. The Morgan fingerprint density at radius 1 is 1.67 bits per heavy atom. The van der Waals surface area contributed by atoms with Gasteiger partial charge >= 0.3 is 0 Å². The molecule has 2 N–H and O–H groups in total.